The van der Waals surface area contributed by atoms with Crippen molar-refractivity contribution >= 4 is 5.69 Å². The Morgan fingerprint density at radius 1 is 1.00 bits per heavy atom. The topological polar surface area (TPSA) is 38.1 Å². The second kappa shape index (κ2) is 8.42. The summed E-state index contributed by atoms with van der Waals surface area (Å²) in [6.45, 7) is 7.83. The highest BCUT2D eigenvalue weighted by atomic mass is 19.1. The molecule has 5 heteroatoms. The van der Waals surface area contributed by atoms with Gasteiger partial charge < -0.3 is 4.90 Å². The molecular weight excluding hydrogens is 377 g/mol. The molecule has 4 rings (SSSR count). The van der Waals surface area contributed by atoms with Gasteiger partial charge in [0.2, 0.25) is 0 Å². The van der Waals surface area contributed by atoms with Crippen LogP contribution in [-0.2, 0) is 6.42 Å². The summed E-state index contributed by atoms with van der Waals surface area (Å²) in [5.41, 5.74) is 5.15. The standard InChI is InChI=1S/C25H28FN3O/c1-17-14-23(29-19(3)27-18(2)15-25(29)30)8-9-24(17)28-12-10-21(11-13-28)16-20-4-6-22(26)7-5-20/h4-9,14-15,21H,10-13,16H2,1-3H3. The number of rotatable bonds is 4. The Morgan fingerprint density at radius 2 is 1.70 bits per heavy atom. The molecule has 1 aliphatic heterocycles. The van der Waals surface area contributed by atoms with Crippen molar-refractivity contribution < 1.29 is 4.39 Å². The number of benzene rings is 2. The van der Waals surface area contributed by atoms with Gasteiger partial charge in [-0.15, -0.1) is 0 Å². The molecule has 0 unspecified atom stereocenters. The molecular formula is C25H28FN3O. The molecule has 0 bridgehead atoms. The van der Waals surface area contributed by atoms with Crippen LogP contribution in [0.1, 0.15) is 35.5 Å². The molecule has 156 valence electrons. The zero-order chi connectivity index (χ0) is 21.3. The van der Waals surface area contributed by atoms with Crippen LogP contribution in [0.25, 0.3) is 5.69 Å². The fraction of sp³-hybridized carbons (Fsp3) is 0.360. The summed E-state index contributed by atoms with van der Waals surface area (Å²) in [6, 6.07) is 14.7. The summed E-state index contributed by atoms with van der Waals surface area (Å²) in [6.07, 6.45) is 3.26. The van der Waals surface area contributed by atoms with E-state index < -0.39 is 0 Å². The third-order valence-corrected chi connectivity index (χ3v) is 6.05. The molecule has 1 aliphatic rings. The number of anilines is 1. The smallest absolute Gasteiger partial charge is 0.258 e. The van der Waals surface area contributed by atoms with Gasteiger partial charge in [0.05, 0.1) is 5.69 Å². The maximum absolute atomic E-state index is 13.1. The van der Waals surface area contributed by atoms with Gasteiger partial charge in [-0.1, -0.05) is 12.1 Å². The first-order valence-electron chi connectivity index (χ1n) is 10.6. The predicted octanol–water partition coefficient (Wildman–Crippen LogP) is 4.76. The van der Waals surface area contributed by atoms with Crippen LogP contribution in [0.3, 0.4) is 0 Å². The van der Waals surface area contributed by atoms with E-state index in [0.29, 0.717) is 11.7 Å². The van der Waals surface area contributed by atoms with Gasteiger partial charge >= 0.3 is 0 Å². The van der Waals surface area contributed by atoms with E-state index in [0.717, 1.165) is 49.3 Å². The van der Waals surface area contributed by atoms with E-state index in [2.05, 4.69) is 28.9 Å². The van der Waals surface area contributed by atoms with Crippen LogP contribution in [0.2, 0.25) is 0 Å². The minimum absolute atomic E-state index is 0.0474. The molecule has 1 saturated heterocycles. The highest BCUT2D eigenvalue weighted by Crippen LogP contribution is 2.29. The van der Waals surface area contributed by atoms with Gasteiger partial charge in [0, 0.05) is 30.5 Å². The molecule has 0 radical (unpaired) electrons. The molecule has 2 aromatic carbocycles. The lowest BCUT2D eigenvalue weighted by Crippen LogP contribution is -2.34. The third kappa shape index (κ3) is 4.30. The van der Waals surface area contributed by atoms with Gasteiger partial charge in [0.15, 0.2) is 0 Å². The molecule has 0 N–H and O–H groups in total. The zero-order valence-electron chi connectivity index (χ0n) is 17.9. The Bertz CT molecular complexity index is 1100. The number of hydrogen-bond acceptors (Lipinski definition) is 3. The van der Waals surface area contributed by atoms with Crippen molar-refractivity contribution in [3.8, 4) is 5.69 Å². The second-order valence-corrected chi connectivity index (χ2v) is 8.35. The Labute approximate surface area is 177 Å². The summed E-state index contributed by atoms with van der Waals surface area (Å²) in [5, 5.41) is 0. The molecule has 1 aromatic heterocycles. The largest absolute Gasteiger partial charge is 0.371 e. The van der Waals surface area contributed by atoms with Gasteiger partial charge in [-0.05, 0) is 87.4 Å². The van der Waals surface area contributed by atoms with Crippen molar-refractivity contribution in [2.45, 2.75) is 40.0 Å². The predicted molar refractivity (Wildman–Crippen MR) is 119 cm³/mol. The molecule has 0 amide bonds. The second-order valence-electron chi connectivity index (χ2n) is 8.35. The molecule has 0 saturated carbocycles. The van der Waals surface area contributed by atoms with E-state index >= 15 is 0 Å². The van der Waals surface area contributed by atoms with Crippen molar-refractivity contribution in [1.29, 1.82) is 0 Å². The first kappa shape index (κ1) is 20.3. The molecule has 0 aliphatic carbocycles. The molecule has 0 atom stereocenters. The van der Waals surface area contributed by atoms with Crippen molar-refractivity contribution in [2.75, 3.05) is 18.0 Å². The van der Waals surface area contributed by atoms with Crippen molar-refractivity contribution in [1.82, 2.24) is 9.55 Å². The summed E-state index contributed by atoms with van der Waals surface area (Å²) < 4.78 is 14.8. The quantitative estimate of drug-likeness (QED) is 0.628. The SMILES string of the molecule is Cc1cc(=O)n(-c2ccc(N3CCC(Cc4ccc(F)cc4)CC3)c(C)c2)c(C)n1. The summed E-state index contributed by atoms with van der Waals surface area (Å²) in [5.74, 6) is 1.16. The van der Waals surface area contributed by atoms with E-state index in [1.54, 1.807) is 22.8 Å². The summed E-state index contributed by atoms with van der Waals surface area (Å²) in [4.78, 5) is 19.3. The lowest BCUT2D eigenvalue weighted by Gasteiger charge is -2.34. The van der Waals surface area contributed by atoms with Crippen LogP contribution < -0.4 is 10.5 Å². The first-order valence-corrected chi connectivity index (χ1v) is 10.6. The molecule has 0 spiro atoms. The van der Waals surface area contributed by atoms with Gasteiger partial charge in [-0.2, -0.15) is 0 Å². The highest BCUT2D eigenvalue weighted by Gasteiger charge is 2.21. The summed E-state index contributed by atoms with van der Waals surface area (Å²) >= 11 is 0. The molecule has 4 nitrogen and oxygen atoms in total. The number of piperidine rings is 1. The third-order valence-electron chi connectivity index (χ3n) is 6.05. The normalized spacial score (nSPS) is 14.9. The average molecular weight is 406 g/mol. The molecule has 3 aromatic rings. The minimum Gasteiger partial charge on any atom is -0.371 e. The van der Waals surface area contributed by atoms with Crippen LogP contribution in [0.5, 0.6) is 0 Å². The lowest BCUT2D eigenvalue weighted by atomic mass is 9.90. The van der Waals surface area contributed by atoms with E-state index in [9.17, 15) is 9.18 Å². The number of halogens is 1. The van der Waals surface area contributed by atoms with Crippen molar-refractivity contribution in [3.05, 3.63) is 87.3 Å². The highest BCUT2D eigenvalue weighted by molar-refractivity contribution is 5.57. The average Bonchev–Trinajstić information content (AvgIpc) is 2.70. The van der Waals surface area contributed by atoms with E-state index in [4.69, 9.17) is 0 Å². The lowest BCUT2D eigenvalue weighted by molar-refractivity contribution is 0.403. The fourth-order valence-electron chi connectivity index (χ4n) is 4.52. The van der Waals surface area contributed by atoms with Crippen LogP contribution in [0.15, 0.2) is 53.3 Å². The monoisotopic (exact) mass is 405 g/mol. The van der Waals surface area contributed by atoms with Crippen molar-refractivity contribution in [2.24, 2.45) is 5.92 Å². The minimum atomic E-state index is -0.175. The molecule has 2 heterocycles. The van der Waals surface area contributed by atoms with E-state index in [1.165, 1.54) is 11.3 Å². The number of aromatic nitrogens is 2. The number of nitrogens with zero attached hydrogens (tertiary/aromatic N) is 3. The maximum atomic E-state index is 13.1. The van der Waals surface area contributed by atoms with E-state index in [-0.39, 0.29) is 11.4 Å². The van der Waals surface area contributed by atoms with Crippen LogP contribution >= 0.6 is 0 Å². The van der Waals surface area contributed by atoms with Gasteiger partial charge in [-0.25, -0.2) is 9.37 Å². The molecule has 1 fully saturated rings. The van der Waals surface area contributed by atoms with Crippen LogP contribution in [0, 0.1) is 32.5 Å². The Balaban J connectivity index is 1.46. The van der Waals surface area contributed by atoms with Crippen LogP contribution in [-0.4, -0.2) is 22.6 Å². The summed E-state index contributed by atoms with van der Waals surface area (Å²) in [7, 11) is 0. The first-order chi connectivity index (χ1) is 14.4. The van der Waals surface area contributed by atoms with Crippen LogP contribution in [0.4, 0.5) is 10.1 Å². The maximum Gasteiger partial charge on any atom is 0.258 e. The van der Waals surface area contributed by atoms with Gasteiger partial charge in [0.1, 0.15) is 11.6 Å². The van der Waals surface area contributed by atoms with Crippen molar-refractivity contribution in [3.63, 3.8) is 0 Å². The Hall–Kier alpha value is -2.95. The fourth-order valence-corrected chi connectivity index (χ4v) is 4.52. The molecule has 30 heavy (non-hydrogen) atoms. The van der Waals surface area contributed by atoms with E-state index in [1.807, 2.05) is 32.0 Å². The number of hydrogen-bond donors (Lipinski definition) is 0. The Morgan fingerprint density at radius 3 is 2.33 bits per heavy atom. The Kier molecular flexibility index (Phi) is 5.71. The van der Waals surface area contributed by atoms with Gasteiger partial charge in [-0.3, -0.25) is 9.36 Å². The number of aryl methyl sites for hydroxylation is 3. The van der Waals surface area contributed by atoms with Gasteiger partial charge in [0.25, 0.3) is 5.56 Å². The zero-order valence-corrected chi connectivity index (χ0v) is 17.9.